The molecule has 0 radical (unpaired) electrons. The fraction of sp³-hybridized carbons (Fsp3) is 0.571. The molecule has 0 amide bonds. The summed E-state index contributed by atoms with van der Waals surface area (Å²) in [5, 5.41) is 0.839. The summed E-state index contributed by atoms with van der Waals surface area (Å²) in [6.07, 6.45) is 4.22. The van der Waals surface area contributed by atoms with Crippen LogP contribution in [0.1, 0.15) is 42.5 Å². The Labute approximate surface area is 107 Å². The van der Waals surface area contributed by atoms with Gasteiger partial charge in [-0.1, -0.05) is 18.5 Å². The minimum Gasteiger partial charge on any atom is -0.493 e. The van der Waals surface area contributed by atoms with Crippen LogP contribution in [0.3, 0.4) is 0 Å². The number of halogens is 1. The molecular formula is C14H18ClNO. The Morgan fingerprint density at radius 1 is 1.41 bits per heavy atom. The molecule has 0 spiro atoms. The Balaban J connectivity index is 2.16. The lowest BCUT2D eigenvalue weighted by Gasteiger charge is -2.18. The minimum absolute atomic E-state index is 0.0597. The maximum absolute atomic E-state index is 6.41. The van der Waals surface area contributed by atoms with Gasteiger partial charge in [0, 0.05) is 23.0 Å². The van der Waals surface area contributed by atoms with Crippen LogP contribution in [-0.2, 0) is 12.8 Å². The van der Waals surface area contributed by atoms with Crippen LogP contribution in [0.25, 0.3) is 0 Å². The molecule has 17 heavy (non-hydrogen) atoms. The van der Waals surface area contributed by atoms with E-state index in [4.69, 9.17) is 22.1 Å². The number of nitrogens with two attached hydrogens (primary N) is 1. The lowest BCUT2D eigenvalue weighted by Crippen LogP contribution is -2.13. The van der Waals surface area contributed by atoms with Gasteiger partial charge in [0.05, 0.1) is 6.61 Å². The normalized spacial score (nSPS) is 27.0. The van der Waals surface area contributed by atoms with Gasteiger partial charge in [-0.15, -0.1) is 0 Å². The molecule has 1 aliphatic heterocycles. The molecule has 2 atom stereocenters. The van der Waals surface area contributed by atoms with Gasteiger partial charge in [0.25, 0.3) is 0 Å². The Hall–Kier alpha value is -0.730. The maximum atomic E-state index is 6.41. The summed E-state index contributed by atoms with van der Waals surface area (Å²) in [5.74, 6) is 1.74. The predicted molar refractivity (Wildman–Crippen MR) is 69.7 cm³/mol. The van der Waals surface area contributed by atoms with E-state index < -0.39 is 0 Å². The van der Waals surface area contributed by atoms with Crippen LogP contribution in [0.2, 0.25) is 5.02 Å². The number of hydrogen-bond acceptors (Lipinski definition) is 2. The van der Waals surface area contributed by atoms with E-state index in [0.717, 1.165) is 42.2 Å². The van der Waals surface area contributed by atoms with E-state index in [-0.39, 0.29) is 6.04 Å². The summed E-state index contributed by atoms with van der Waals surface area (Å²) in [5.41, 5.74) is 9.97. The summed E-state index contributed by atoms with van der Waals surface area (Å²) in [4.78, 5) is 0. The summed E-state index contributed by atoms with van der Waals surface area (Å²) >= 11 is 6.41. The highest BCUT2D eigenvalue weighted by Crippen LogP contribution is 2.43. The van der Waals surface area contributed by atoms with E-state index >= 15 is 0 Å². The van der Waals surface area contributed by atoms with Gasteiger partial charge in [-0.05, 0) is 42.4 Å². The largest absolute Gasteiger partial charge is 0.493 e. The van der Waals surface area contributed by atoms with Crippen molar-refractivity contribution in [2.45, 2.75) is 38.6 Å². The van der Waals surface area contributed by atoms with Gasteiger partial charge in [-0.3, -0.25) is 0 Å². The molecule has 0 aromatic heterocycles. The first-order valence-electron chi connectivity index (χ1n) is 6.39. The zero-order valence-corrected chi connectivity index (χ0v) is 10.9. The van der Waals surface area contributed by atoms with E-state index in [9.17, 15) is 0 Å². The number of ether oxygens (including phenoxy) is 1. The summed E-state index contributed by atoms with van der Waals surface area (Å²) in [6, 6.07) is 2.11. The predicted octanol–water partition coefficient (Wildman–Crippen LogP) is 3.25. The van der Waals surface area contributed by atoms with Gasteiger partial charge in [0.1, 0.15) is 5.75 Å². The third-order valence-corrected chi connectivity index (χ3v) is 4.29. The molecule has 0 saturated carbocycles. The van der Waals surface area contributed by atoms with Gasteiger partial charge < -0.3 is 10.5 Å². The Kier molecular flexibility index (Phi) is 2.80. The van der Waals surface area contributed by atoms with Crippen molar-refractivity contribution in [1.29, 1.82) is 0 Å². The molecule has 2 unspecified atom stereocenters. The maximum Gasteiger partial charge on any atom is 0.126 e. The molecule has 0 bridgehead atoms. The molecule has 2 nitrogen and oxygen atoms in total. The van der Waals surface area contributed by atoms with E-state index in [0.29, 0.717) is 5.92 Å². The smallest absolute Gasteiger partial charge is 0.126 e. The Morgan fingerprint density at radius 3 is 3.06 bits per heavy atom. The standard InChI is InChI=1S/C14H18ClNO/c1-8-2-3-10-13(12(16)6-8)11(15)7-9-4-5-17-14(9)10/h7-8,12H,2-6,16H2,1H3. The number of hydrogen-bond donors (Lipinski definition) is 1. The lowest BCUT2D eigenvalue weighted by molar-refractivity contribution is 0.352. The highest BCUT2D eigenvalue weighted by Gasteiger charge is 2.28. The molecule has 0 saturated heterocycles. The molecule has 92 valence electrons. The van der Waals surface area contributed by atoms with Gasteiger partial charge in [-0.25, -0.2) is 0 Å². The number of fused-ring (bicyclic) bond motifs is 3. The Bertz CT molecular complexity index is 458. The highest BCUT2D eigenvalue weighted by molar-refractivity contribution is 6.31. The van der Waals surface area contributed by atoms with Gasteiger partial charge in [0.2, 0.25) is 0 Å². The molecule has 1 aromatic rings. The van der Waals surface area contributed by atoms with Crippen molar-refractivity contribution in [3.05, 3.63) is 27.8 Å². The van der Waals surface area contributed by atoms with Gasteiger partial charge >= 0.3 is 0 Å². The molecule has 2 aliphatic rings. The van der Waals surface area contributed by atoms with E-state index in [1.807, 2.05) is 0 Å². The van der Waals surface area contributed by atoms with Crippen LogP contribution in [0.5, 0.6) is 5.75 Å². The van der Waals surface area contributed by atoms with E-state index in [2.05, 4.69) is 13.0 Å². The number of rotatable bonds is 0. The SMILES string of the molecule is CC1CCc2c3c(cc(Cl)c2C(N)C1)CCO3. The fourth-order valence-electron chi connectivity index (χ4n) is 3.09. The van der Waals surface area contributed by atoms with Crippen LogP contribution < -0.4 is 10.5 Å². The molecule has 1 aromatic carbocycles. The van der Waals surface area contributed by atoms with Crippen LogP contribution in [-0.4, -0.2) is 6.61 Å². The third-order valence-electron chi connectivity index (χ3n) is 3.98. The first kappa shape index (κ1) is 11.4. The fourth-order valence-corrected chi connectivity index (χ4v) is 3.48. The molecule has 2 N–H and O–H groups in total. The second kappa shape index (κ2) is 4.18. The first-order valence-corrected chi connectivity index (χ1v) is 6.77. The van der Waals surface area contributed by atoms with Gasteiger partial charge in [-0.2, -0.15) is 0 Å². The monoisotopic (exact) mass is 251 g/mol. The minimum atomic E-state index is 0.0597. The van der Waals surface area contributed by atoms with Crippen molar-refractivity contribution in [3.8, 4) is 5.75 Å². The Morgan fingerprint density at radius 2 is 2.24 bits per heavy atom. The van der Waals surface area contributed by atoms with Crippen LogP contribution >= 0.6 is 11.6 Å². The molecule has 3 rings (SSSR count). The third kappa shape index (κ3) is 1.84. The first-order chi connectivity index (χ1) is 8.16. The number of benzene rings is 1. The van der Waals surface area contributed by atoms with Crippen molar-refractivity contribution in [1.82, 2.24) is 0 Å². The molecule has 0 fully saturated rings. The summed E-state index contributed by atoms with van der Waals surface area (Å²) < 4.78 is 5.78. The molecule has 3 heteroatoms. The topological polar surface area (TPSA) is 35.2 Å². The molecular weight excluding hydrogens is 234 g/mol. The van der Waals surface area contributed by atoms with Crippen molar-refractivity contribution >= 4 is 11.6 Å². The molecule has 1 aliphatic carbocycles. The van der Waals surface area contributed by atoms with E-state index in [1.54, 1.807) is 0 Å². The average Bonchev–Trinajstić information content (AvgIpc) is 2.66. The lowest BCUT2D eigenvalue weighted by atomic mass is 9.95. The molecule has 1 heterocycles. The second-order valence-electron chi connectivity index (χ2n) is 5.32. The van der Waals surface area contributed by atoms with Crippen molar-refractivity contribution < 1.29 is 4.74 Å². The van der Waals surface area contributed by atoms with E-state index in [1.165, 1.54) is 17.5 Å². The van der Waals surface area contributed by atoms with Crippen LogP contribution in [0.4, 0.5) is 0 Å². The van der Waals surface area contributed by atoms with Crippen LogP contribution in [0, 0.1) is 5.92 Å². The van der Waals surface area contributed by atoms with Crippen molar-refractivity contribution in [3.63, 3.8) is 0 Å². The highest BCUT2D eigenvalue weighted by atomic mass is 35.5. The quantitative estimate of drug-likeness (QED) is 0.719. The average molecular weight is 252 g/mol. The summed E-state index contributed by atoms with van der Waals surface area (Å²) in [6.45, 7) is 3.05. The zero-order valence-electron chi connectivity index (χ0n) is 10.1. The van der Waals surface area contributed by atoms with Crippen molar-refractivity contribution in [2.24, 2.45) is 11.7 Å². The second-order valence-corrected chi connectivity index (χ2v) is 5.73. The summed E-state index contributed by atoms with van der Waals surface area (Å²) in [7, 11) is 0. The van der Waals surface area contributed by atoms with Crippen molar-refractivity contribution in [2.75, 3.05) is 6.61 Å². The van der Waals surface area contributed by atoms with Crippen LogP contribution in [0.15, 0.2) is 6.07 Å². The van der Waals surface area contributed by atoms with Gasteiger partial charge in [0.15, 0.2) is 0 Å². The zero-order chi connectivity index (χ0) is 12.0.